The van der Waals surface area contributed by atoms with E-state index in [0.29, 0.717) is 12.3 Å². The zero-order valence-corrected chi connectivity index (χ0v) is 10.6. The SMILES string of the molecule is O=C(CC1CCCC1)N[C@H](CO)c1ccccc1. The Bertz CT molecular complexity index is 371. The van der Waals surface area contributed by atoms with Gasteiger partial charge in [-0.1, -0.05) is 43.2 Å². The first-order valence-electron chi connectivity index (χ1n) is 6.74. The van der Waals surface area contributed by atoms with E-state index < -0.39 is 0 Å². The van der Waals surface area contributed by atoms with Crippen LogP contribution in [-0.4, -0.2) is 17.6 Å². The summed E-state index contributed by atoms with van der Waals surface area (Å²) in [6, 6.07) is 9.34. The van der Waals surface area contributed by atoms with Crippen LogP contribution < -0.4 is 5.32 Å². The fourth-order valence-corrected chi connectivity index (χ4v) is 2.65. The minimum Gasteiger partial charge on any atom is -0.394 e. The highest BCUT2D eigenvalue weighted by Crippen LogP contribution is 2.27. The molecule has 1 amide bonds. The van der Waals surface area contributed by atoms with Gasteiger partial charge in [-0.15, -0.1) is 0 Å². The minimum absolute atomic E-state index is 0.0551. The van der Waals surface area contributed by atoms with E-state index in [4.69, 9.17) is 0 Å². The molecule has 1 aliphatic carbocycles. The predicted octanol–water partition coefficient (Wildman–Crippen LogP) is 2.42. The summed E-state index contributed by atoms with van der Waals surface area (Å²) in [5.74, 6) is 0.602. The lowest BCUT2D eigenvalue weighted by Crippen LogP contribution is -2.31. The maximum Gasteiger partial charge on any atom is 0.220 e. The number of hydrogen-bond acceptors (Lipinski definition) is 2. The largest absolute Gasteiger partial charge is 0.394 e. The summed E-state index contributed by atoms with van der Waals surface area (Å²) in [6.07, 6.45) is 5.44. The van der Waals surface area contributed by atoms with Crippen LogP contribution in [0.3, 0.4) is 0 Å². The first-order chi connectivity index (χ1) is 8.79. The number of aliphatic hydroxyl groups is 1. The van der Waals surface area contributed by atoms with Gasteiger partial charge in [0.25, 0.3) is 0 Å². The van der Waals surface area contributed by atoms with Gasteiger partial charge in [-0.25, -0.2) is 0 Å². The predicted molar refractivity (Wildman–Crippen MR) is 71.0 cm³/mol. The minimum atomic E-state index is -0.278. The Morgan fingerprint density at radius 2 is 1.94 bits per heavy atom. The Kier molecular flexibility index (Phi) is 4.76. The topological polar surface area (TPSA) is 49.3 Å². The number of amides is 1. The maximum absolute atomic E-state index is 11.9. The van der Waals surface area contributed by atoms with Crippen LogP contribution in [0.4, 0.5) is 0 Å². The lowest BCUT2D eigenvalue weighted by molar-refractivity contribution is -0.123. The second-order valence-electron chi connectivity index (χ2n) is 5.07. The third-order valence-corrected chi connectivity index (χ3v) is 3.67. The van der Waals surface area contributed by atoms with Crippen LogP contribution >= 0.6 is 0 Å². The first kappa shape index (κ1) is 13.1. The van der Waals surface area contributed by atoms with E-state index in [1.807, 2.05) is 30.3 Å². The molecule has 98 valence electrons. The van der Waals surface area contributed by atoms with Crippen LogP contribution in [-0.2, 0) is 4.79 Å². The zero-order valence-electron chi connectivity index (χ0n) is 10.6. The second-order valence-corrected chi connectivity index (χ2v) is 5.07. The highest BCUT2D eigenvalue weighted by molar-refractivity contribution is 5.76. The summed E-state index contributed by atoms with van der Waals surface area (Å²) in [5, 5.41) is 12.3. The van der Waals surface area contributed by atoms with Crippen molar-refractivity contribution in [2.75, 3.05) is 6.61 Å². The number of carbonyl (C=O) groups excluding carboxylic acids is 1. The van der Waals surface area contributed by atoms with Gasteiger partial charge in [-0.05, 0) is 24.3 Å². The molecule has 18 heavy (non-hydrogen) atoms. The molecule has 0 aliphatic heterocycles. The summed E-state index contributed by atoms with van der Waals surface area (Å²) in [6.45, 7) is -0.0551. The van der Waals surface area contributed by atoms with E-state index in [0.717, 1.165) is 5.56 Å². The van der Waals surface area contributed by atoms with Crippen molar-refractivity contribution in [3.8, 4) is 0 Å². The van der Waals surface area contributed by atoms with Crippen LogP contribution in [0.25, 0.3) is 0 Å². The number of rotatable bonds is 5. The Hall–Kier alpha value is -1.35. The molecule has 0 bridgehead atoms. The quantitative estimate of drug-likeness (QED) is 0.839. The van der Waals surface area contributed by atoms with Gasteiger partial charge in [-0.2, -0.15) is 0 Å². The standard InChI is InChI=1S/C15H21NO2/c17-11-14(13-8-2-1-3-9-13)16-15(18)10-12-6-4-5-7-12/h1-3,8-9,12,14,17H,4-7,10-11H2,(H,16,18)/t14-/m1/s1. The van der Waals surface area contributed by atoms with Gasteiger partial charge >= 0.3 is 0 Å². The normalized spacial score (nSPS) is 17.6. The van der Waals surface area contributed by atoms with Crippen molar-refractivity contribution in [3.05, 3.63) is 35.9 Å². The molecule has 1 atom stereocenters. The number of carbonyl (C=O) groups is 1. The molecule has 0 unspecified atom stereocenters. The van der Waals surface area contributed by atoms with Gasteiger partial charge in [0.1, 0.15) is 0 Å². The smallest absolute Gasteiger partial charge is 0.220 e. The first-order valence-corrected chi connectivity index (χ1v) is 6.74. The third-order valence-electron chi connectivity index (χ3n) is 3.67. The van der Waals surface area contributed by atoms with Gasteiger partial charge in [-0.3, -0.25) is 4.79 Å². The highest BCUT2D eigenvalue weighted by Gasteiger charge is 2.20. The van der Waals surface area contributed by atoms with Crippen molar-refractivity contribution in [2.45, 2.75) is 38.1 Å². The van der Waals surface area contributed by atoms with Crippen molar-refractivity contribution in [2.24, 2.45) is 5.92 Å². The van der Waals surface area contributed by atoms with Crippen LogP contribution in [0, 0.1) is 5.92 Å². The molecule has 0 aromatic heterocycles. The van der Waals surface area contributed by atoms with Crippen LogP contribution in [0.1, 0.15) is 43.7 Å². The molecule has 3 nitrogen and oxygen atoms in total. The molecule has 1 aliphatic rings. The van der Waals surface area contributed by atoms with Gasteiger partial charge in [0.2, 0.25) is 5.91 Å². The molecule has 2 N–H and O–H groups in total. The molecule has 2 rings (SSSR count). The van der Waals surface area contributed by atoms with E-state index in [-0.39, 0.29) is 18.6 Å². The molecule has 0 saturated heterocycles. The monoisotopic (exact) mass is 247 g/mol. The van der Waals surface area contributed by atoms with Crippen molar-refractivity contribution in [1.82, 2.24) is 5.32 Å². The van der Waals surface area contributed by atoms with Gasteiger partial charge in [0.05, 0.1) is 12.6 Å². The molecule has 0 heterocycles. The number of nitrogens with one attached hydrogen (secondary N) is 1. The van der Waals surface area contributed by atoms with E-state index in [9.17, 15) is 9.90 Å². The lowest BCUT2D eigenvalue weighted by Gasteiger charge is -2.18. The Morgan fingerprint density at radius 3 is 2.56 bits per heavy atom. The summed E-state index contributed by atoms with van der Waals surface area (Å²) >= 11 is 0. The fraction of sp³-hybridized carbons (Fsp3) is 0.533. The van der Waals surface area contributed by atoms with E-state index in [2.05, 4.69) is 5.32 Å². The molecule has 1 fully saturated rings. The maximum atomic E-state index is 11.9. The second kappa shape index (κ2) is 6.55. The van der Waals surface area contributed by atoms with Gasteiger partial charge in [0.15, 0.2) is 0 Å². The number of aliphatic hydroxyl groups excluding tert-OH is 1. The van der Waals surface area contributed by atoms with Crippen molar-refractivity contribution in [3.63, 3.8) is 0 Å². The molecular formula is C15H21NO2. The summed E-state index contributed by atoms with van der Waals surface area (Å²) in [5.41, 5.74) is 0.958. The number of benzene rings is 1. The molecule has 1 aromatic carbocycles. The van der Waals surface area contributed by atoms with Crippen molar-refractivity contribution < 1.29 is 9.90 Å². The molecule has 0 radical (unpaired) electrons. The highest BCUT2D eigenvalue weighted by atomic mass is 16.3. The van der Waals surface area contributed by atoms with Crippen molar-refractivity contribution >= 4 is 5.91 Å². The van der Waals surface area contributed by atoms with Gasteiger partial charge < -0.3 is 10.4 Å². The molecule has 0 spiro atoms. The molecule has 1 saturated carbocycles. The fourth-order valence-electron chi connectivity index (χ4n) is 2.65. The van der Waals surface area contributed by atoms with E-state index >= 15 is 0 Å². The van der Waals surface area contributed by atoms with Crippen LogP contribution in [0.5, 0.6) is 0 Å². The Balaban J connectivity index is 1.87. The third kappa shape index (κ3) is 3.57. The average molecular weight is 247 g/mol. The number of hydrogen-bond donors (Lipinski definition) is 2. The van der Waals surface area contributed by atoms with Crippen LogP contribution in [0.2, 0.25) is 0 Å². The van der Waals surface area contributed by atoms with E-state index in [1.54, 1.807) is 0 Å². The summed E-state index contributed by atoms with van der Waals surface area (Å²) in [7, 11) is 0. The van der Waals surface area contributed by atoms with Crippen LogP contribution in [0.15, 0.2) is 30.3 Å². The molecule has 3 heteroatoms. The Morgan fingerprint density at radius 1 is 1.28 bits per heavy atom. The average Bonchev–Trinajstić information content (AvgIpc) is 2.90. The van der Waals surface area contributed by atoms with Crippen molar-refractivity contribution in [1.29, 1.82) is 0 Å². The summed E-state index contributed by atoms with van der Waals surface area (Å²) in [4.78, 5) is 11.9. The zero-order chi connectivity index (χ0) is 12.8. The van der Waals surface area contributed by atoms with E-state index in [1.165, 1.54) is 25.7 Å². The van der Waals surface area contributed by atoms with Gasteiger partial charge in [0, 0.05) is 6.42 Å². The molecular weight excluding hydrogens is 226 g/mol. The Labute approximate surface area is 108 Å². The lowest BCUT2D eigenvalue weighted by atomic mass is 10.0. The molecule has 1 aromatic rings. The summed E-state index contributed by atoms with van der Waals surface area (Å²) < 4.78 is 0.